The van der Waals surface area contributed by atoms with Gasteiger partial charge in [-0.3, -0.25) is 4.79 Å². The van der Waals surface area contributed by atoms with Gasteiger partial charge in [-0.1, -0.05) is 25.4 Å². The molecule has 0 fully saturated rings. The molecule has 0 aliphatic carbocycles. The Bertz CT molecular complexity index is 402. The smallest absolute Gasteiger partial charge is 0.164 e. The third-order valence-electron chi connectivity index (χ3n) is 2.26. The van der Waals surface area contributed by atoms with E-state index in [4.69, 9.17) is 11.6 Å². The maximum absolute atomic E-state index is 12.9. The first-order chi connectivity index (χ1) is 7.41. The van der Waals surface area contributed by atoms with Crippen molar-refractivity contribution in [1.82, 2.24) is 0 Å². The van der Waals surface area contributed by atoms with Crippen molar-refractivity contribution in [2.24, 2.45) is 5.92 Å². The molecule has 0 saturated heterocycles. The number of hydrogen-bond donors (Lipinski definition) is 0. The van der Waals surface area contributed by atoms with Gasteiger partial charge in [0.1, 0.15) is 0 Å². The molecule has 88 valence electrons. The highest BCUT2D eigenvalue weighted by molar-refractivity contribution is 6.33. The maximum atomic E-state index is 12.9. The van der Waals surface area contributed by atoms with Crippen LogP contribution in [0.4, 0.5) is 8.78 Å². The van der Waals surface area contributed by atoms with E-state index in [2.05, 4.69) is 0 Å². The second kappa shape index (κ2) is 5.39. The zero-order valence-corrected chi connectivity index (χ0v) is 9.94. The van der Waals surface area contributed by atoms with E-state index in [1.807, 2.05) is 13.8 Å². The Morgan fingerprint density at radius 1 is 1.31 bits per heavy atom. The summed E-state index contributed by atoms with van der Waals surface area (Å²) in [4.78, 5) is 11.7. The molecule has 0 bridgehead atoms. The number of halogens is 3. The molecule has 0 aliphatic rings. The predicted octanol–water partition coefficient (Wildman–Crippen LogP) is 4.24. The van der Waals surface area contributed by atoms with Gasteiger partial charge in [-0.2, -0.15) is 0 Å². The monoisotopic (exact) mass is 246 g/mol. The summed E-state index contributed by atoms with van der Waals surface area (Å²) in [5, 5.41) is -0.0346. The zero-order valence-electron chi connectivity index (χ0n) is 9.19. The predicted molar refractivity (Wildman–Crippen MR) is 59.8 cm³/mol. The molecule has 0 aromatic heterocycles. The van der Waals surface area contributed by atoms with E-state index in [0.29, 0.717) is 18.8 Å². The number of carbonyl (C=O) groups is 1. The Balaban J connectivity index is 2.87. The fourth-order valence-corrected chi connectivity index (χ4v) is 1.55. The summed E-state index contributed by atoms with van der Waals surface area (Å²) in [6, 6.07) is 1.69. The van der Waals surface area contributed by atoms with E-state index in [-0.39, 0.29) is 16.4 Å². The second-order valence-corrected chi connectivity index (χ2v) is 4.51. The Morgan fingerprint density at radius 3 is 2.44 bits per heavy atom. The summed E-state index contributed by atoms with van der Waals surface area (Å²) >= 11 is 5.68. The summed E-state index contributed by atoms with van der Waals surface area (Å²) in [6.07, 6.45) is 0.997. The van der Waals surface area contributed by atoms with Gasteiger partial charge in [0.05, 0.1) is 5.02 Å². The minimum Gasteiger partial charge on any atom is -0.294 e. The van der Waals surface area contributed by atoms with E-state index in [1.165, 1.54) is 0 Å². The third-order valence-corrected chi connectivity index (χ3v) is 2.57. The molecule has 1 nitrogen and oxygen atoms in total. The van der Waals surface area contributed by atoms with Crippen molar-refractivity contribution in [3.8, 4) is 0 Å². The highest BCUT2D eigenvalue weighted by Gasteiger charge is 2.14. The molecule has 1 aromatic carbocycles. The zero-order chi connectivity index (χ0) is 12.3. The van der Waals surface area contributed by atoms with Gasteiger partial charge >= 0.3 is 0 Å². The van der Waals surface area contributed by atoms with Crippen LogP contribution in [0, 0.1) is 17.6 Å². The van der Waals surface area contributed by atoms with Crippen molar-refractivity contribution >= 4 is 17.4 Å². The van der Waals surface area contributed by atoms with E-state index in [1.54, 1.807) is 0 Å². The lowest BCUT2D eigenvalue weighted by Gasteiger charge is -2.06. The van der Waals surface area contributed by atoms with Gasteiger partial charge in [0, 0.05) is 12.0 Å². The van der Waals surface area contributed by atoms with Crippen LogP contribution in [-0.2, 0) is 0 Å². The number of rotatable bonds is 4. The molecular formula is C12H13ClF2O. The summed E-state index contributed by atoms with van der Waals surface area (Å²) in [7, 11) is 0. The number of ketones is 1. The molecule has 0 heterocycles. The number of Topliss-reactive ketones (excluding diaryl/α,β-unsaturated/α-hetero) is 1. The summed E-state index contributed by atoms with van der Waals surface area (Å²) < 4.78 is 25.7. The lowest BCUT2D eigenvalue weighted by Crippen LogP contribution is -2.03. The van der Waals surface area contributed by atoms with Gasteiger partial charge in [-0.25, -0.2) is 8.78 Å². The second-order valence-electron chi connectivity index (χ2n) is 4.10. The van der Waals surface area contributed by atoms with Crippen LogP contribution in [0.5, 0.6) is 0 Å². The molecule has 4 heteroatoms. The molecule has 0 N–H and O–H groups in total. The van der Waals surface area contributed by atoms with Crippen molar-refractivity contribution in [1.29, 1.82) is 0 Å². The molecule has 1 aromatic rings. The van der Waals surface area contributed by atoms with Gasteiger partial charge < -0.3 is 0 Å². The minimum absolute atomic E-state index is 0.0346. The van der Waals surface area contributed by atoms with Crippen LogP contribution in [0.1, 0.15) is 37.0 Å². The average molecular weight is 247 g/mol. The lowest BCUT2D eigenvalue weighted by atomic mass is 10.0. The molecule has 1 rings (SSSR count). The fourth-order valence-electron chi connectivity index (χ4n) is 1.29. The quantitative estimate of drug-likeness (QED) is 0.574. The average Bonchev–Trinajstić information content (AvgIpc) is 2.20. The molecule has 0 spiro atoms. The molecular weight excluding hydrogens is 234 g/mol. The van der Waals surface area contributed by atoms with Gasteiger partial charge in [-0.15, -0.1) is 0 Å². The maximum Gasteiger partial charge on any atom is 0.164 e. The molecule has 0 aliphatic heterocycles. The Morgan fingerprint density at radius 2 is 1.88 bits per heavy atom. The molecule has 16 heavy (non-hydrogen) atoms. The van der Waals surface area contributed by atoms with Crippen LogP contribution < -0.4 is 0 Å². The Hall–Kier alpha value is -0.960. The number of benzene rings is 1. The van der Waals surface area contributed by atoms with Gasteiger partial charge in [0.25, 0.3) is 0 Å². The van der Waals surface area contributed by atoms with Crippen LogP contribution in [0.2, 0.25) is 5.02 Å². The molecule has 0 amide bonds. The van der Waals surface area contributed by atoms with Crippen LogP contribution in [0.25, 0.3) is 0 Å². The van der Waals surface area contributed by atoms with E-state index in [9.17, 15) is 13.6 Å². The van der Waals surface area contributed by atoms with Crippen LogP contribution >= 0.6 is 11.6 Å². The topological polar surface area (TPSA) is 17.1 Å². The normalized spacial score (nSPS) is 10.9. The van der Waals surface area contributed by atoms with Crippen molar-refractivity contribution < 1.29 is 13.6 Å². The SMILES string of the molecule is CC(C)CCC(=O)c1cc(F)c(F)cc1Cl. The van der Waals surface area contributed by atoms with Crippen LogP contribution in [0.3, 0.4) is 0 Å². The first kappa shape index (κ1) is 13.1. The third kappa shape index (κ3) is 3.27. The first-order valence-corrected chi connectivity index (χ1v) is 5.47. The van der Waals surface area contributed by atoms with Crippen molar-refractivity contribution in [3.05, 3.63) is 34.4 Å². The van der Waals surface area contributed by atoms with E-state index in [0.717, 1.165) is 12.1 Å². The van der Waals surface area contributed by atoms with Gasteiger partial charge in [0.2, 0.25) is 0 Å². The molecule has 0 radical (unpaired) electrons. The molecule has 0 saturated carbocycles. The first-order valence-electron chi connectivity index (χ1n) is 5.09. The standard InChI is InChI=1S/C12H13ClF2O/c1-7(2)3-4-12(16)8-5-10(14)11(15)6-9(8)13/h5-7H,3-4H2,1-2H3. The summed E-state index contributed by atoms with van der Waals surface area (Å²) in [6.45, 7) is 3.97. The molecule has 0 unspecified atom stereocenters. The lowest BCUT2D eigenvalue weighted by molar-refractivity contribution is 0.0975. The van der Waals surface area contributed by atoms with E-state index < -0.39 is 11.6 Å². The van der Waals surface area contributed by atoms with Crippen molar-refractivity contribution in [3.63, 3.8) is 0 Å². The largest absolute Gasteiger partial charge is 0.294 e. The number of hydrogen-bond acceptors (Lipinski definition) is 1. The van der Waals surface area contributed by atoms with E-state index >= 15 is 0 Å². The van der Waals surface area contributed by atoms with Crippen molar-refractivity contribution in [2.45, 2.75) is 26.7 Å². The van der Waals surface area contributed by atoms with Gasteiger partial charge in [-0.05, 0) is 24.5 Å². The summed E-state index contributed by atoms with van der Waals surface area (Å²) in [5.74, 6) is -1.95. The van der Waals surface area contributed by atoms with Crippen LogP contribution in [-0.4, -0.2) is 5.78 Å². The fraction of sp³-hybridized carbons (Fsp3) is 0.417. The highest BCUT2D eigenvalue weighted by Crippen LogP contribution is 2.22. The number of carbonyl (C=O) groups excluding carboxylic acids is 1. The van der Waals surface area contributed by atoms with Crippen LogP contribution in [0.15, 0.2) is 12.1 Å². The Labute approximate surface area is 98.4 Å². The molecule has 0 atom stereocenters. The van der Waals surface area contributed by atoms with Gasteiger partial charge in [0.15, 0.2) is 17.4 Å². The summed E-state index contributed by atoms with van der Waals surface area (Å²) in [5.41, 5.74) is 0.0567. The Kier molecular flexibility index (Phi) is 4.42. The minimum atomic E-state index is -1.04. The highest BCUT2D eigenvalue weighted by atomic mass is 35.5. The van der Waals surface area contributed by atoms with Crippen molar-refractivity contribution in [2.75, 3.05) is 0 Å².